The summed E-state index contributed by atoms with van der Waals surface area (Å²) in [5, 5.41) is 14.2. The first-order chi connectivity index (χ1) is 13.9. The quantitative estimate of drug-likeness (QED) is 0.553. The Morgan fingerprint density at radius 3 is 2.53 bits per heavy atom. The minimum Gasteiger partial charge on any atom is -0.398 e. The molecular formula is C23H31BrN2O3S. The van der Waals surface area contributed by atoms with E-state index in [1.54, 1.807) is 6.07 Å². The maximum Gasteiger partial charge on any atom is 0.152 e. The van der Waals surface area contributed by atoms with Crippen molar-refractivity contribution < 1.29 is 13.5 Å². The molecule has 1 saturated heterocycles. The van der Waals surface area contributed by atoms with E-state index in [9.17, 15) is 13.5 Å². The van der Waals surface area contributed by atoms with Gasteiger partial charge < -0.3 is 16.2 Å². The van der Waals surface area contributed by atoms with Crippen LogP contribution in [0.1, 0.15) is 37.5 Å². The number of nitrogen functional groups attached to an aromatic ring is 1. The summed E-state index contributed by atoms with van der Waals surface area (Å²) < 4.78 is 25.9. The fraction of sp³-hybridized carbons (Fsp3) is 0.478. The summed E-state index contributed by atoms with van der Waals surface area (Å²) >= 11 is 3.41. The molecule has 0 radical (unpaired) electrons. The van der Waals surface area contributed by atoms with Crippen molar-refractivity contribution in [2.45, 2.75) is 51.3 Å². The van der Waals surface area contributed by atoms with Crippen LogP contribution in [0.2, 0.25) is 0 Å². The van der Waals surface area contributed by atoms with Crippen LogP contribution in [0.15, 0.2) is 46.9 Å². The van der Waals surface area contributed by atoms with Crippen molar-refractivity contribution in [2.75, 3.05) is 17.2 Å². The molecule has 5 nitrogen and oxygen atoms in total. The van der Waals surface area contributed by atoms with Gasteiger partial charge in [0.25, 0.3) is 0 Å². The van der Waals surface area contributed by atoms with Crippen molar-refractivity contribution >= 4 is 31.5 Å². The molecule has 0 aromatic heterocycles. The zero-order chi connectivity index (χ0) is 22.1. The van der Waals surface area contributed by atoms with E-state index in [1.807, 2.05) is 24.3 Å². The lowest BCUT2D eigenvalue weighted by Crippen LogP contribution is -2.54. The second-order valence-corrected chi connectivity index (χ2v) is 12.3. The van der Waals surface area contributed by atoms with Gasteiger partial charge in [0.2, 0.25) is 0 Å². The summed E-state index contributed by atoms with van der Waals surface area (Å²) in [4.78, 5) is 0. The fourth-order valence-electron chi connectivity index (χ4n) is 3.95. The third kappa shape index (κ3) is 5.84. The summed E-state index contributed by atoms with van der Waals surface area (Å²) in [6.07, 6.45) is -0.257. The molecule has 2 aromatic rings. The van der Waals surface area contributed by atoms with Crippen LogP contribution in [0, 0.1) is 5.92 Å². The van der Waals surface area contributed by atoms with Gasteiger partial charge in [-0.1, -0.05) is 51.1 Å². The number of nitrogens with one attached hydrogen (secondary N) is 1. The van der Waals surface area contributed by atoms with Crippen molar-refractivity contribution in [1.82, 2.24) is 5.32 Å². The number of anilines is 1. The lowest BCUT2D eigenvalue weighted by Gasteiger charge is -2.35. The van der Waals surface area contributed by atoms with Crippen LogP contribution >= 0.6 is 15.9 Å². The van der Waals surface area contributed by atoms with Gasteiger partial charge in [-0.2, -0.15) is 0 Å². The van der Waals surface area contributed by atoms with E-state index in [2.05, 4.69) is 54.2 Å². The molecule has 0 unspecified atom stereocenters. The number of halogens is 1. The predicted molar refractivity (Wildman–Crippen MR) is 126 cm³/mol. The van der Waals surface area contributed by atoms with E-state index in [0.717, 1.165) is 15.6 Å². The molecule has 1 aliphatic heterocycles. The molecule has 1 fully saturated rings. The van der Waals surface area contributed by atoms with E-state index in [0.29, 0.717) is 18.7 Å². The lowest BCUT2D eigenvalue weighted by atomic mass is 9.86. The van der Waals surface area contributed by atoms with Crippen LogP contribution in [-0.4, -0.2) is 37.2 Å². The number of hydrogen-bond acceptors (Lipinski definition) is 5. The van der Waals surface area contributed by atoms with Crippen molar-refractivity contribution in [1.29, 1.82) is 0 Å². The maximum absolute atomic E-state index is 12.5. The Labute approximate surface area is 188 Å². The molecule has 0 amide bonds. The average Bonchev–Trinajstić information content (AvgIpc) is 2.65. The Hall–Kier alpha value is -1.41. The topological polar surface area (TPSA) is 92.4 Å². The van der Waals surface area contributed by atoms with Gasteiger partial charge in [0.1, 0.15) is 0 Å². The Kier molecular flexibility index (Phi) is 6.97. The molecule has 4 N–H and O–H groups in total. The van der Waals surface area contributed by atoms with Crippen LogP contribution in [-0.2, 0) is 28.2 Å². The van der Waals surface area contributed by atoms with Gasteiger partial charge in [0.15, 0.2) is 9.84 Å². The number of aliphatic hydroxyl groups is 1. The lowest BCUT2D eigenvalue weighted by molar-refractivity contribution is 0.0781. The Balaban J connectivity index is 1.72. The van der Waals surface area contributed by atoms with Crippen molar-refractivity contribution in [2.24, 2.45) is 5.92 Å². The van der Waals surface area contributed by atoms with Gasteiger partial charge in [-0.15, -0.1) is 0 Å². The summed E-state index contributed by atoms with van der Waals surface area (Å²) in [6.45, 7) is 7.01. The molecular weight excluding hydrogens is 464 g/mol. The highest BCUT2D eigenvalue weighted by molar-refractivity contribution is 9.10. The number of sulfone groups is 1. The highest BCUT2D eigenvalue weighted by Crippen LogP contribution is 2.27. The second-order valence-electron chi connectivity index (χ2n) is 9.33. The van der Waals surface area contributed by atoms with Gasteiger partial charge in [-0.3, -0.25) is 0 Å². The first-order valence-electron chi connectivity index (χ1n) is 10.2. The highest BCUT2D eigenvalue weighted by atomic mass is 79.9. The molecule has 3 atom stereocenters. The fourth-order valence-corrected chi connectivity index (χ4v) is 6.34. The molecule has 164 valence electrons. The van der Waals surface area contributed by atoms with Crippen LogP contribution in [0.3, 0.4) is 0 Å². The van der Waals surface area contributed by atoms with Gasteiger partial charge in [-0.25, -0.2) is 8.42 Å². The molecule has 0 bridgehead atoms. The minimum absolute atomic E-state index is 0.00610. The zero-order valence-corrected chi connectivity index (χ0v) is 20.1. The van der Waals surface area contributed by atoms with E-state index < -0.39 is 22.0 Å². The van der Waals surface area contributed by atoms with Crippen molar-refractivity contribution in [3.8, 4) is 0 Å². The third-order valence-electron chi connectivity index (χ3n) is 5.72. The number of nitrogens with two attached hydrogens (primary N) is 1. The SMILES string of the molecule is CC(C)(C)c1cccc(CN[C@H]2CS(=O)(=O)C[C@@H](Cc3ccc(N)c(Br)c3)[C@@H]2O)c1. The van der Waals surface area contributed by atoms with Gasteiger partial charge in [0.05, 0.1) is 17.6 Å². The molecule has 2 aromatic carbocycles. The number of aliphatic hydroxyl groups excluding tert-OH is 1. The Morgan fingerprint density at radius 2 is 1.87 bits per heavy atom. The smallest absolute Gasteiger partial charge is 0.152 e. The molecule has 0 saturated carbocycles. The normalized spacial score (nSPS) is 24.0. The van der Waals surface area contributed by atoms with Crippen LogP contribution in [0.25, 0.3) is 0 Å². The highest BCUT2D eigenvalue weighted by Gasteiger charge is 2.39. The van der Waals surface area contributed by atoms with E-state index in [-0.39, 0.29) is 22.8 Å². The van der Waals surface area contributed by atoms with E-state index >= 15 is 0 Å². The molecule has 0 spiro atoms. The van der Waals surface area contributed by atoms with Gasteiger partial charge in [0, 0.05) is 28.7 Å². The summed E-state index contributed by atoms with van der Waals surface area (Å²) in [5.74, 6) is -0.416. The molecule has 30 heavy (non-hydrogen) atoms. The van der Waals surface area contributed by atoms with Crippen LogP contribution in [0.5, 0.6) is 0 Å². The average molecular weight is 495 g/mol. The Bertz CT molecular complexity index is 1000. The Morgan fingerprint density at radius 1 is 1.13 bits per heavy atom. The molecule has 3 rings (SSSR count). The molecule has 7 heteroatoms. The second kappa shape index (κ2) is 8.99. The third-order valence-corrected chi connectivity index (χ3v) is 8.21. The van der Waals surface area contributed by atoms with E-state index in [4.69, 9.17) is 5.73 Å². The zero-order valence-electron chi connectivity index (χ0n) is 17.7. The molecule has 1 aliphatic rings. The van der Waals surface area contributed by atoms with Crippen LogP contribution < -0.4 is 11.1 Å². The summed E-state index contributed by atoms with van der Waals surface area (Å²) in [7, 11) is -3.25. The van der Waals surface area contributed by atoms with Gasteiger partial charge >= 0.3 is 0 Å². The monoisotopic (exact) mass is 494 g/mol. The number of hydrogen-bond donors (Lipinski definition) is 3. The summed E-state index contributed by atoms with van der Waals surface area (Å²) in [5.41, 5.74) is 9.78. The first-order valence-corrected chi connectivity index (χ1v) is 12.8. The maximum atomic E-state index is 12.5. The first kappa shape index (κ1) is 23.3. The van der Waals surface area contributed by atoms with Crippen molar-refractivity contribution in [3.05, 3.63) is 63.6 Å². The minimum atomic E-state index is -3.25. The molecule has 0 aliphatic carbocycles. The van der Waals surface area contributed by atoms with Crippen molar-refractivity contribution in [3.63, 3.8) is 0 Å². The van der Waals surface area contributed by atoms with E-state index in [1.165, 1.54) is 5.56 Å². The largest absolute Gasteiger partial charge is 0.398 e. The van der Waals surface area contributed by atoms with Crippen LogP contribution in [0.4, 0.5) is 5.69 Å². The van der Waals surface area contributed by atoms with Gasteiger partial charge in [-0.05, 0) is 56.6 Å². The number of benzene rings is 2. The standard InChI is InChI=1S/C23H31BrN2O3S/c1-23(2,3)18-6-4-5-16(10-18)12-26-21-14-30(28,29)13-17(22(21)27)9-15-7-8-20(25)19(24)11-15/h4-8,10-11,17,21-22,26-27H,9,12-14,25H2,1-3H3/t17-,21+,22+/m1/s1. The predicted octanol–water partition coefficient (Wildman–Crippen LogP) is 3.44. The number of rotatable bonds is 5. The molecule has 1 heterocycles. The summed E-state index contributed by atoms with van der Waals surface area (Å²) in [6, 6.07) is 13.4.